The van der Waals surface area contributed by atoms with Crippen molar-refractivity contribution < 1.29 is 4.42 Å². The first-order chi connectivity index (χ1) is 12.6. The molecule has 6 nitrogen and oxygen atoms in total. The number of nitrogen functional groups attached to an aromatic ring is 1. The van der Waals surface area contributed by atoms with E-state index in [1.165, 1.54) is 16.4 Å². The normalized spacial score (nSPS) is 11.2. The van der Waals surface area contributed by atoms with Gasteiger partial charge < -0.3 is 10.3 Å². The van der Waals surface area contributed by atoms with Crippen molar-refractivity contribution in [1.29, 1.82) is 0 Å². The summed E-state index contributed by atoms with van der Waals surface area (Å²) in [5.41, 5.74) is 1.73. The number of nitrogens with two attached hydrogens (primary N) is 1. The van der Waals surface area contributed by atoms with Crippen molar-refractivity contribution in [2.75, 3.05) is 5.84 Å². The van der Waals surface area contributed by atoms with Gasteiger partial charge in [0.2, 0.25) is 11.0 Å². The third kappa shape index (κ3) is 3.35. The Kier molecular flexibility index (Phi) is 4.71. The van der Waals surface area contributed by atoms with Crippen LogP contribution in [0.2, 0.25) is 5.02 Å². The van der Waals surface area contributed by atoms with E-state index in [-0.39, 0.29) is 0 Å². The highest BCUT2D eigenvalue weighted by atomic mass is 35.5. The molecule has 1 aromatic carbocycles. The van der Waals surface area contributed by atoms with E-state index in [9.17, 15) is 0 Å². The van der Waals surface area contributed by atoms with Gasteiger partial charge in [-0.3, -0.25) is 0 Å². The summed E-state index contributed by atoms with van der Waals surface area (Å²) in [4.78, 5) is 5.59. The van der Waals surface area contributed by atoms with Crippen LogP contribution in [0.3, 0.4) is 0 Å². The molecule has 9 heteroatoms. The summed E-state index contributed by atoms with van der Waals surface area (Å²) in [6.45, 7) is 1.91. The Morgan fingerprint density at radius 3 is 2.77 bits per heavy atom. The molecule has 2 N–H and O–H groups in total. The highest BCUT2D eigenvalue weighted by molar-refractivity contribution is 7.98. The summed E-state index contributed by atoms with van der Waals surface area (Å²) >= 11 is 8.98. The molecule has 0 fully saturated rings. The molecule has 3 aromatic heterocycles. The van der Waals surface area contributed by atoms with Crippen LogP contribution in [0.1, 0.15) is 11.5 Å². The Bertz CT molecular complexity index is 1020. The molecule has 0 aliphatic heterocycles. The maximum Gasteiger partial charge on any atom is 0.236 e. The summed E-state index contributed by atoms with van der Waals surface area (Å²) in [5, 5.41) is 11.6. The molecule has 0 aliphatic rings. The average Bonchev–Trinajstić information content (AvgIpc) is 3.35. The number of oxazole rings is 1. The van der Waals surface area contributed by atoms with Crippen LogP contribution >= 0.6 is 34.7 Å². The lowest BCUT2D eigenvalue weighted by Gasteiger charge is -2.03. The van der Waals surface area contributed by atoms with Gasteiger partial charge in [-0.25, -0.2) is 9.66 Å². The summed E-state index contributed by atoms with van der Waals surface area (Å²) in [7, 11) is 0. The van der Waals surface area contributed by atoms with Crippen LogP contribution in [0.5, 0.6) is 0 Å². The molecule has 132 valence electrons. The Morgan fingerprint density at radius 2 is 2.04 bits per heavy atom. The molecule has 0 unspecified atom stereocenters. The van der Waals surface area contributed by atoms with Gasteiger partial charge in [0.05, 0.1) is 10.6 Å². The molecule has 3 heterocycles. The van der Waals surface area contributed by atoms with E-state index in [1.54, 1.807) is 23.5 Å². The van der Waals surface area contributed by atoms with E-state index in [0.29, 0.717) is 27.6 Å². The predicted octanol–water partition coefficient (Wildman–Crippen LogP) is 4.63. The topological polar surface area (TPSA) is 82.8 Å². The second-order valence-electron chi connectivity index (χ2n) is 5.47. The zero-order chi connectivity index (χ0) is 18.1. The molecule has 0 amide bonds. The molecule has 4 rings (SSSR count). The molecule has 0 saturated carbocycles. The predicted molar refractivity (Wildman–Crippen MR) is 105 cm³/mol. The summed E-state index contributed by atoms with van der Waals surface area (Å²) in [5.74, 6) is 8.77. The minimum atomic E-state index is 0.584. The minimum absolute atomic E-state index is 0.584. The Balaban J connectivity index is 1.51. The molecule has 0 aliphatic carbocycles. The molecule has 0 saturated heterocycles. The molecule has 4 aromatic rings. The number of halogens is 1. The number of aryl methyl sites for hydroxylation is 1. The monoisotopic (exact) mass is 403 g/mol. The summed E-state index contributed by atoms with van der Waals surface area (Å²) in [6, 6.07) is 11.3. The highest BCUT2D eigenvalue weighted by Gasteiger charge is 2.16. The van der Waals surface area contributed by atoms with Crippen LogP contribution < -0.4 is 5.84 Å². The van der Waals surface area contributed by atoms with E-state index < -0.39 is 0 Å². The first-order valence-electron chi connectivity index (χ1n) is 7.71. The summed E-state index contributed by atoms with van der Waals surface area (Å²) in [6.07, 6.45) is 0. The molecule has 26 heavy (non-hydrogen) atoms. The third-order valence-corrected chi connectivity index (χ3v) is 5.79. The molecule has 0 spiro atoms. The van der Waals surface area contributed by atoms with Gasteiger partial charge in [0, 0.05) is 16.3 Å². The first kappa shape index (κ1) is 17.1. The van der Waals surface area contributed by atoms with Crippen LogP contribution in [0, 0.1) is 6.92 Å². The van der Waals surface area contributed by atoms with Gasteiger partial charge in [-0.1, -0.05) is 29.4 Å². The Labute approximate surface area is 163 Å². The van der Waals surface area contributed by atoms with Crippen molar-refractivity contribution in [3.05, 3.63) is 58.3 Å². The van der Waals surface area contributed by atoms with E-state index >= 15 is 0 Å². The lowest BCUT2D eigenvalue weighted by Crippen LogP contribution is -2.11. The van der Waals surface area contributed by atoms with Gasteiger partial charge in [-0.15, -0.1) is 21.5 Å². The quantitative estimate of drug-likeness (QED) is 0.386. The maximum absolute atomic E-state index is 6.15. The van der Waals surface area contributed by atoms with Gasteiger partial charge in [0.25, 0.3) is 0 Å². The van der Waals surface area contributed by atoms with E-state index in [4.69, 9.17) is 21.9 Å². The molecular formula is C17H14ClN5OS2. The smallest absolute Gasteiger partial charge is 0.236 e. The Hall–Kier alpha value is -2.29. The van der Waals surface area contributed by atoms with Crippen molar-refractivity contribution in [1.82, 2.24) is 19.9 Å². The second-order valence-corrected chi connectivity index (χ2v) is 7.80. The van der Waals surface area contributed by atoms with Crippen molar-refractivity contribution in [2.24, 2.45) is 0 Å². The van der Waals surface area contributed by atoms with Crippen LogP contribution in [-0.2, 0) is 5.75 Å². The van der Waals surface area contributed by atoms with Crippen molar-refractivity contribution in [2.45, 2.75) is 17.8 Å². The molecule has 0 atom stereocenters. The van der Waals surface area contributed by atoms with Gasteiger partial charge in [-0.05, 0) is 42.6 Å². The number of aromatic nitrogens is 4. The van der Waals surface area contributed by atoms with Gasteiger partial charge in [-0.2, -0.15) is 0 Å². The number of hydrogen-bond acceptors (Lipinski definition) is 7. The fourth-order valence-electron chi connectivity index (χ4n) is 2.37. The number of nitrogens with zero attached hydrogens (tertiary/aromatic N) is 4. The highest BCUT2D eigenvalue weighted by Crippen LogP contribution is 2.30. The van der Waals surface area contributed by atoms with E-state index in [0.717, 1.165) is 21.9 Å². The standard InChI is InChI=1S/C17H14ClN5OS2/c1-10-13(20-16(24-10)14-3-2-8-25-14)9-26-17-22-21-15(23(17)19)11-4-6-12(18)7-5-11/h2-8H,9,19H2,1H3. The number of benzene rings is 1. The van der Waals surface area contributed by atoms with Crippen molar-refractivity contribution >= 4 is 34.7 Å². The van der Waals surface area contributed by atoms with Gasteiger partial charge >= 0.3 is 0 Å². The molecular weight excluding hydrogens is 390 g/mol. The van der Waals surface area contributed by atoms with Crippen LogP contribution in [0.25, 0.3) is 22.2 Å². The number of hydrogen-bond donors (Lipinski definition) is 1. The van der Waals surface area contributed by atoms with E-state index in [1.807, 2.05) is 36.6 Å². The fourth-order valence-corrected chi connectivity index (χ4v) is 4.00. The van der Waals surface area contributed by atoms with Crippen molar-refractivity contribution in [3.8, 4) is 22.2 Å². The van der Waals surface area contributed by atoms with Crippen molar-refractivity contribution in [3.63, 3.8) is 0 Å². The number of rotatable bonds is 5. The largest absolute Gasteiger partial charge is 0.440 e. The van der Waals surface area contributed by atoms with E-state index in [2.05, 4.69) is 15.2 Å². The van der Waals surface area contributed by atoms with Crippen LogP contribution in [-0.4, -0.2) is 19.9 Å². The first-order valence-corrected chi connectivity index (χ1v) is 9.95. The van der Waals surface area contributed by atoms with Gasteiger partial charge in [0.1, 0.15) is 5.76 Å². The lowest BCUT2D eigenvalue weighted by molar-refractivity contribution is 0.542. The lowest BCUT2D eigenvalue weighted by atomic mass is 10.2. The zero-order valence-corrected chi connectivity index (χ0v) is 16.1. The minimum Gasteiger partial charge on any atom is -0.440 e. The SMILES string of the molecule is Cc1oc(-c2cccs2)nc1CSc1nnc(-c2ccc(Cl)cc2)n1N. The van der Waals surface area contributed by atoms with Crippen LogP contribution in [0.4, 0.5) is 0 Å². The fraction of sp³-hybridized carbons (Fsp3) is 0.118. The average molecular weight is 404 g/mol. The third-order valence-electron chi connectivity index (χ3n) is 3.73. The Morgan fingerprint density at radius 1 is 1.23 bits per heavy atom. The maximum atomic E-state index is 6.15. The number of thiophene rings is 1. The zero-order valence-electron chi connectivity index (χ0n) is 13.7. The number of thioether (sulfide) groups is 1. The molecule has 0 radical (unpaired) electrons. The second kappa shape index (κ2) is 7.14. The summed E-state index contributed by atoms with van der Waals surface area (Å²) < 4.78 is 7.24. The van der Waals surface area contributed by atoms with Crippen LogP contribution in [0.15, 0.2) is 51.4 Å². The van der Waals surface area contributed by atoms with Gasteiger partial charge in [0.15, 0.2) is 5.82 Å². The molecule has 0 bridgehead atoms.